The van der Waals surface area contributed by atoms with Gasteiger partial charge in [-0.25, -0.2) is 4.98 Å². The van der Waals surface area contributed by atoms with Gasteiger partial charge in [0.2, 0.25) is 5.91 Å². The highest BCUT2D eigenvalue weighted by Crippen LogP contribution is 2.28. The predicted octanol–water partition coefficient (Wildman–Crippen LogP) is 4.26. The van der Waals surface area contributed by atoms with Crippen LogP contribution in [0.25, 0.3) is 0 Å². The molecular formula is C18H20N2O3S3. The number of ether oxygens (including phenoxy) is 1. The second-order valence-electron chi connectivity index (χ2n) is 5.02. The number of nitrogens with zero attached hydrogens (tertiary/aromatic N) is 1. The van der Waals surface area contributed by atoms with Crippen LogP contribution in [-0.2, 0) is 20.7 Å². The van der Waals surface area contributed by atoms with Crippen molar-refractivity contribution in [1.82, 2.24) is 4.98 Å². The number of esters is 1. The summed E-state index contributed by atoms with van der Waals surface area (Å²) in [4.78, 5) is 29.1. The van der Waals surface area contributed by atoms with Crippen molar-refractivity contribution in [2.45, 2.75) is 22.6 Å². The third-order valence-corrected chi connectivity index (χ3v) is 6.15. The molecule has 0 atom stereocenters. The molecule has 5 nitrogen and oxygen atoms in total. The van der Waals surface area contributed by atoms with Gasteiger partial charge < -0.3 is 10.1 Å². The van der Waals surface area contributed by atoms with E-state index in [1.807, 2.05) is 35.7 Å². The van der Waals surface area contributed by atoms with E-state index in [9.17, 15) is 9.59 Å². The molecule has 0 spiro atoms. The molecule has 0 unspecified atom stereocenters. The molecule has 138 valence electrons. The molecule has 0 fully saturated rings. The first kappa shape index (κ1) is 20.5. The van der Waals surface area contributed by atoms with Crippen molar-refractivity contribution in [3.05, 3.63) is 48.0 Å². The Bertz CT molecular complexity index is 762. The van der Waals surface area contributed by atoms with Crippen LogP contribution in [0.1, 0.15) is 12.6 Å². The first-order valence-corrected chi connectivity index (χ1v) is 10.8. The number of hydrogen-bond acceptors (Lipinski definition) is 7. The molecule has 1 aromatic heterocycles. The number of hydrogen-bond donors (Lipinski definition) is 1. The largest absolute Gasteiger partial charge is 0.466 e. The maximum absolute atomic E-state index is 12.2. The minimum atomic E-state index is -0.291. The fourth-order valence-electron chi connectivity index (χ4n) is 1.95. The van der Waals surface area contributed by atoms with Crippen molar-refractivity contribution in [3.63, 3.8) is 0 Å². The van der Waals surface area contributed by atoms with Crippen LogP contribution in [-0.4, -0.2) is 35.0 Å². The molecule has 2 rings (SSSR count). The highest BCUT2D eigenvalue weighted by atomic mass is 32.2. The number of benzene rings is 1. The van der Waals surface area contributed by atoms with Crippen LogP contribution in [0.5, 0.6) is 0 Å². The van der Waals surface area contributed by atoms with Gasteiger partial charge in [-0.2, -0.15) is 0 Å². The van der Waals surface area contributed by atoms with Gasteiger partial charge in [0.25, 0.3) is 0 Å². The number of amides is 1. The molecule has 0 saturated carbocycles. The molecule has 0 aliphatic rings. The fraction of sp³-hybridized carbons (Fsp3) is 0.278. The van der Waals surface area contributed by atoms with E-state index in [0.29, 0.717) is 12.3 Å². The summed E-state index contributed by atoms with van der Waals surface area (Å²) in [7, 11) is 0. The van der Waals surface area contributed by atoms with Crippen LogP contribution in [0.4, 0.5) is 5.69 Å². The maximum atomic E-state index is 12.2. The zero-order valence-electron chi connectivity index (χ0n) is 14.4. The van der Waals surface area contributed by atoms with Gasteiger partial charge in [0, 0.05) is 16.0 Å². The number of carbonyl (C=O) groups is 2. The predicted molar refractivity (Wildman–Crippen MR) is 109 cm³/mol. The first-order valence-electron chi connectivity index (χ1n) is 7.97. The monoisotopic (exact) mass is 408 g/mol. The lowest BCUT2D eigenvalue weighted by Crippen LogP contribution is -2.14. The molecule has 1 heterocycles. The van der Waals surface area contributed by atoms with E-state index < -0.39 is 0 Å². The smallest absolute Gasteiger partial charge is 0.311 e. The van der Waals surface area contributed by atoms with Crippen LogP contribution in [0.3, 0.4) is 0 Å². The number of aromatic nitrogens is 1. The molecular weight excluding hydrogens is 388 g/mol. The van der Waals surface area contributed by atoms with Gasteiger partial charge in [-0.1, -0.05) is 30.0 Å². The summed E-state index contributed by atoms with van der Waals surface area (Å²) >= 11 is 4.40. The summed E-state index contributed by atoms with van der Waals surface area (Å²) < 4.78 is 5.66. The van der Waals surface area contributed by atoms with Gasteiger partial charge in [0.1, 0.15) is 0 Å². The second kappa shape index (κ2) is 11.1. The average molecular weight is 409 g/mol. The highest BCUT2D eigenvalue weighted by Gasteiger charge is 2.11. The molecule has 0 radical (unpaired) electrons. The van der Waals surface area contributed by atoms with Gasteiger partial charge in [-0.05, 0) is 19.1 Å². The Kier molecular flexibility index (Phi) is 8.73. The number of rotatable bonds is 10. The summed E-state index contributed by atoms with van der Waals surface area (Å²) in [5.41, 5.74) is 1.47. The van der Waals surface area contributed by atoms with Crippen molar-refractivity contribution < 1.29 is 14.3 Å². The van der Waals surface area contributed by atoms with Gasteiger partial charge in [0.15, 0.2) is 4.34 Å². The maximum Gasteiger partial charge on any atom is 0.311 e. The average Bonchev–Trinajstić information content (AvgIpc) is 3.07. The zero-order chi connectivity index (χ0) is 18.8. The quantitative estimate of drug-likeness (QED) is 0.360. The second-order valence-corrected chi connectivity index (χ2v) is 8.16. The molecule has 0 aliphatic carbocycles. The van der Waals surface area contributed by atoms with E-state index in [1.165, 1.54) is 23.1 Å². The van der Waals surface area contributed by atoms with Crippen LogP contribution in [0.2, 0.25) is 0 Å². The third-order valence-electron chi connectivity index (χ3n) is 3.01. The van der Waals surface area contributed by atoms with Gasteiger partial charge in [-0.3, -0.25) is 9.59 Å². The number of nitrogens with one attached hydrogen (secondary N) is 1. The lowest BCUT2D eigenvalue weighted by atomic mass is 10.3. The van der Waals surface area contributed by atoms with Gasteiger partial charge in [-0.15, -0.1) is 29.7 Å². The Morgan fingerprint density at radius 3 is 2.92 bits per heavy atom. The molecule has 26 heavy (non-hydrogen) atoms. The summed E-state index contributed by atoms with van der Waals surface area (Å²) in [6.45, 7) is 5.84. The number of thiazole rings is 1. The van der Waals surface area contributed by atoms with Crippen molar-refractivity contribution in [3.8, 4) is 0 Å². The Morgan fingerprint density at radius 1 is 1.35 bits per heavy atom. The topological polar surface area (TPSA) is 68.3 Å². The van der Waals surface area contributed by atoms with Crippen LogP contribution >= 0.6 is 34.9 Å². The van der Waals surface area contributed by atoms with E-state index in [4.69, 9.17) is 4.74 Å². The lowest BCUT2D eigenvalue weighted by molar-refractivity contribution is -0.142. The normalized spacial score (nSPS) is 10.3. The number of anilines is 1. The molecule has 0 bridgehead atoms. The van der Waals surface area contributed by atoms with E-state index in [0.717, 1.165) is 20.7 Å². The molecule has 0 saturated heterocycles. The van der Waals surface area contributed by atoms with Gasteiger partial charge >= 0.3 is 5.97 Å². The Labute approximate surface area is 165 Å². The number of para-hydroxylation sites is 1. The minimum absolute atomic E-state index is 0.0937. The third kappa shape index (κ3) is 6.86. The molecule has 8 heteroatoms. The van der Waals surface area contributed by atoms with Crippen LogP contribution in [0.15, 0.2) is 51.5 Å². The van der Waals surface area contributed by atoms with Crippen molar-refractivity contribution in [2.75, 3.05) is 23.4 Å². The summed E-state index contributed by atoms with van der Waals surface area (Å²) in [5, 5.41) is 4.75. The summed E-state index contributed by atoms with van der Waals surface area (Å²) in [6, 6.07) is 7.69. The summed E-state index contributed by atoms with van der Waals surface area (Å²) in [6.07, 6.45) is 1.99. The number of carbonyl (C=O) groups excluding carboxylic acids is 2. The number of thioether (sulfide) groups is 2. The Hall–Kier alpha value is -1.77. The Morgan fingerprint density at radius 2 is 2.15 bits per heavy atom. The highest BCUT2D eigenvalue weighted by molar-refractivity contribution is 8.01. The van der Waals surface area contributed by atoms with Crippen molar-refractivity contribution in [2.24, 2.45) is 0 Å². The van der Waals surface area contributed by atoms with Crippen molar-refractivity contribution >= 4 is 52.4 Å². The van der Waals surface area contributed by atoms with Gasteiger partial charge in [0.05, 0.1) is 30.2 Å². The van der Waals surface area contributed by atoms with E-state index in [1.54, 1.807) is 18.7 Å². The minimum Gasteiger partial charge on any atom is -0.466 e. The van der Waals surface area contributed by atoms with Crippen LogP contribution < -0.4 is 5.32 Å². The molecule has 1 aromatic carbocycles. The molecule has 1 N–H and O–H groups in total. The molecule has 1 amide bonds. The zero-order valence-corrected chi connectivity index (χ0v) is 16.8. The van der Waals surface area contributed by atoms with Crippen molar-refractivity contribution in [1.29, 1.82) is 0 Å². The summed E-state index contributed by atoms with van der Waals surface area (Å²) in [5.74, 6) is 0.654. The fourth-order valence-corrected chi connectivity index (χ4v) is 4.35. The van der Waals surface area contributed by atoms with E-state index in [2.05, 4.69) is 16.9 Å². The standard InChI is InChI=1S/C18H20N2O3S3/c1-3-9-24-15-8-6-5-7-14(15)20-16(21)12-26-18-19-13(11-25-18)10-17(22)23-4-2/h3,5-8,11H,1,4,9-10,12H2,2H3,(H,20,21). The molecule has 0 aliphatic heterocycles. The first-order chi connectivity index (χ1) is 12.6. The molecule has 2 aromatic rings. The van der Waals surface area contributed by atoms with E-state index >= 15 is 0 Å². The van der Waals surface area contributed by atoms with E-state index in [-0.39, 0.29) is 24.1 Å². The van der Waals surface area contributed by atoms with Crippen LogP contribution in [0, 0.1) is 0 Å². The lowest BCUT2D eigenvalue weighted by Gasteiger charge is -2.09. The Balaban J connectivity index is 1.85. The SMILES string of the molecule is C=CCSc1ccccc1NC(=O)CSc1nc(CC(=O)OCC)cs1.